The van der Waals surface area contributed by atoms with E-state index in [0.717, 1.165) is 0 Å². The maximum Gasteiger partial charge on any atom is 0.214 e. The Kier molecular flexibility index (Phi) is 3.25. The van der Waals surface area contributed by atoms with Crippen LogP contribution in [0.3, 0.4) is 0 Å². The molecule has 0 radical (unpaired) electrons. The first-order chi connectivity index (χ1) is 6.13. The van der Waals surface area contributed by atoms with Crippen molar-refractivity contribution in [3.05, 3.63) is 22.8 Å². The lowest BCUT2D eigenvalue weighted by Crippen LogP contribution is -2.07. The third-order valence-electron chi connectivity index (χ3n) is 1.34. The highest BCUT2D eigenvalue weighted by Gasteiger charge is 2.04. The summed E-state index contributed by atoms with van der Waals surface area (Å²) in [7, 11) is 0. The van der Waals surface area contributed by atoms with Gasteiger partial charge in [0.25, 0.3) is 0 Å². The van der Waals surface area contributed by atoms with Crippen LogP contribution in [0.2, 0.25) is 5.02 Å². The largest absolute Gasteiger partial charge is 0.475 e. The van der Waals surface area contributed by atoms with Crippen LogP contribution < -0.4 is 4.74 Å². The minimum atomic E-state index is 0.0353. The third-order valence-corrected chi connectivity index (χ3v) is 1.66. The Bertz CT molecular complexity index is 312. The molecule has 0 N–H and O–H groups in total. The Morgan fingerprint density at radius 2 is 2.31 bits per heavy atom. The van der Waals surface area contributed by atoms with Crippen LogP contribution in [0.1, 0.15) is 24.2 Å². The van der Waals surface area contributed by atoms with Gasteiger partial charge in [-0.1, -0.05) is 11.6 Å². The second kappa shape index (κ2) is 4.23. The summed E-state index contributed by atoms with van der Waals surface area (Å²) in [4.78, 5) is 14.4. The highest BCUT2D eigenvalue weighted by molar-refractivity contribution is 6.32. The van der Waals surface area contributed by atoms with Gasteiger partial charge in [-0.05, 0) is 13.8 Å². The SMILES string of the molecule is CC(C)Oc1cc(C=O)c(Cl)cn1. The molecule has 4 heteroatoms. The Balaban J connectivity index is 2.92. The zero-order valence-electron chi connectivity index (χ0n) is 7.45. The predicted molar refractivity (Wildman–Crippen MR) is 50.4 cm³/mol. The number of pyridine rings is 1. The Labute approximate surface area is 81.7 Å². The molecule has 0 fully saturated rings. The third kappa shape index (κ3) is 2.70. The minimum absolute atomic E-state index is 0.0353. The minimum Gasteiger partial charge on any atom is -0.475 e. The van der Waals surface area contributed by atoms with E-state index in [9.17, 15) is 4.79 Å². The topological polar surface area (TPSA) is 39.2 Å². The molecule has 0 aliphatic rings. The van der Waals surface area contributed by atoms with Crippen LogP contribution in [0.4, 0.5) is 0 Å². The van der Waals surface area contributed by atoms with E-state index < -0.39 is 0 Å². The number of aldehydes is 1. The van der Waals surface area contributed by atoms with E-state index in [-0.39, 0.29) is 6.10 Å². The number of halogens is 1. The van der Waals surface area contributed by atoms with Crippen molar-refractivity contribution >= 4 is 17.9 Å². The number of carbonyl (C=O) groups is 1. The molecule has 1 heterocycles. The molecule has 0 saturated heterocycles. The first-order valence-electron chi connectivity index (χ1n) is 3.91. The molecule has 0 aliphatic heterocycles. The number of aromatic nitrogens is 1. The zero-order chi connectivity index (χ0) is 9.84. The molecule has 0 saturated carbocycles. The summed E-state index contributed by atoms with van der Waals surface area (Å²) in [5, 5.41) is 0.339. The van der Waals surface area contributed by atoms with Crippen LogP contribution in [0.5, 0.6) is 5.88 Å². The van der Waals surface area contributed by atoms with Gasteiger partial charge in [0, 0.05) is 11.6 Å². The second-order valence-electron chi connectivity index (χ2n) is 2.83. The van der Waals surface area contributed by atoms with Crippen LogP contribution in [-0.2, 0) is 0 Å². The summed E-state index contributed by atoms with van der Waals surface area (Å²) < 4.78 is 5.28. The summed E-state index contributed by atoms with van der Waals surface area (Å²) in [5.41, 5.74) is 0.396. The van der Waals surface area contributed by atoms with Crippen LogP contribution in [-0.4, -0.2) is 17.4 Å². The molecule has 3 nitrogen and oxygen atoms in total. The molecular weight excluding hydrogens is 190 g/mol. The van der Waals surface area contributed by atoms with Gasteiger partial charge in [0.05, 0.1) is 17.3 Å². The number of rotatable bonds is 3. The van der Waals surface area contributed by atoms with Gasteiger partial charge in [-0.2, -0.15) is 0 Å². The van der Waals surface area contributed by atoms with Crippen LogP contribution in [0, 0.1) is 0 Å². The lowest BCUT2D eigenvalue weighted by Gasteiger charge is -2.08. The van der Waals surface area contributed by atoms with E-state index in [0.29, 0.717) is 22.8 Å². The summed E-state index contributed by atoms with van der Waals surface area (Å²) in [5.74, 6) is 0.418. The maximum atomic E-state index is 10.5. The van der Waals surface area contributed by atoms with Crippen molar-refractivity contribution in [2.24, 2.45) is 0 Å². The fourth-order valence-corrected chi connectivity index (χ4v) is 0.978. The fourth-order valence-electron chi connectivity index (χ4n) is 0.830. The van der Waals surface area contributed by atoms with E-state index >= 15 is 0 Å². The smallest absolute Gasteiger partial charge is 0.214 e. The van der Waals surface area contributed by atoms with Crippen molar-refractivity contribution in [2.75, 3.05) is 0 Å². The maximum absolute atomic E-state index is 10.5. The number of nitrogens with zero attached hydrogens (tertiary/aromatic N) is 1. The number of carbonyl (C=O) groups excluding carboxylic acids is 1. The average molecular weight is 200 g/mol. The van der Waals surface area contributed by atoms with Gasteiger partial charge in [0.2, 0.25) is 5.88 Å². The standard InChI is InChI=1S/C9H10ClNO2/c1-6(2)13-9-3-7(5-12)8(10)4-11-9/h3-6H,1-2H3. The average Bonchev–Trinajstić information content (AvgIpc) is 2.07. The molecule has 0 bridgehead atoms. The summed E-state index contributed by atoms with van der Waals surface area (Å²) in [6.07, 6.45) is 2.12. The van der Waals surface area contributed by atoms with Crippen molar-refractivity contribution in [1.29, 1.82) is 0 Å². The van der Waals surface area contributed by atoms with Gasteiger partial charge < -0.3 is 4.74 Å². The second-order valence-corrected chi connectivity index (χ2v) is 3.24. The Hall–Kier alpha value is -1.09. The summed E-state index contributed by atoms with van der Waals surface area (Å²) in [6.45, 7) is 3.77. The molecule has 0 unspecified atom stereocenters. The molecule has 0 aromatic carbocycles. The van der Waals surface area contributed by atoms with Gasteiger partial charge in [-0.15, -0.1) is 0 Å². The molecule has 1 rings (SSSR count). The molecule has 70 valence electrons. The number of ether oxygens (including phenoxy) is 1. The highest BCUT2D eigenvalue weighted by Crippen LogP contribution is 2.17. The monoisotopic (exact) mass is 199 g/mol. The molecule has 0 amide bonds. The van der Waals surface area contributed by atoms with Crippen molar-refractivity contribution in [3.63, 3.8) is 0 Å². The highest BCUT2D eigenvalue weighted by atomic mass is 35.5. The molecule has 0 atom stereocenters. The first kappa shape index (κ1) is 9.99. The molecule has 0 aliphatic carbocycles. The molecule has 0 spiro atoms. The predicted octanol–water partition coefficient (Wildman–Crippen LogP) is 2.33. The number of hydrogen-bond donors (Lipinski definition) is 0. The van der Waals surface area contributed by atoms with Crippen molar-refractivity contribution in [3.8, 4) is 5.88 Å². The Morgan fingerprint density at radius 1 is 1.62 bits per heavy atom. The molecular formula is C9H10ClNO2. The quantitative estimate of drug-likeness (QED) is 0.702. The molecule has 1 aromatic rings. The van der Waals surface area contributed by atoms with Crippen molar-refractivity contribution < 1.29 is 9.53 Å². The Morgan fingerprint density at radius 3 is 2.85 bits per heavy atom. The summed E-state index contributed by atoms with van der Waals surface area (Å²) in [6, 6.07) is 1.52. The van der Waals surface area contributed by atoms with Crippen molar-refractivity contribution in [1.82, 2.24) is 4.98 Å². The molecule has 13 heavy (non-hydrogen) atoms. The van der Waals surface area contributed by atoms with Gasteiger partial charge in [-0.25, -0.2) is 4.98 Å². The zero-order valence-corrected chi connectivity index (χ0v) is 8.21. The van der Waals surface area contributed by atoms with Gasteiger partial charge in [0.15, 0.2) is 6.29 Å². The van der Waals surface area contributed by atoms with Crippen LogP contribution in [0.15, 0.2) is 12.3 Å². The van der Waals surface area contributed by atoms with Gasteiger partial charge >= 0.3 is 0 Å². The lowest BCUT2D eigenvalue weighted by atomic mass is 10.3. The normalized spacial score (nSPS) is 10.2. The molecule has 1 aromatic heterocycles. The van der Waals surface area contributed by atoms with Gasteiger partial charge in [0.1, 0.15) is 0 Å². The van der Waals surface area contributed by atoms with Crippen LogP contribution >= 0.6 is 11.6 Å². The first-order valence-corrected chi connectivity index (χ1v) is 4.28. The summed E-state index contributed by atoms with van der Waals surface area (Å²) >= 11 is 5.68. The van der Waals surface area contributed by atoms with Gasteiger partial charge in [-0.3, -0.25) is 4.79 Å². The van der Waals surface area contributed by atoms with Crippen LogP contribution in [0.25, 0.3) is 0 Å². The van der Waals surface area contributed by atoms with Crippen molar-refractivity contribution in [2.45, 2.75) is 20.0 Å². The van der Waals surface area contributed by atoms with E-state index in [4.69, 9.17) is 16.3 Å². The van der Waals surface area contributed by atoms with E-state index in [2.05, 4.69) is 4.98 Å². The fraction of sp³-hybridized carbons (Fsp3) is 0.333. The van der Waals surface area contributed by atoms with E-state index in [1.165, 1.54) is 12.3 Å². The lowest BCUT2D eigenvalue weighted by molar-refractivity contribution is 0.112. The van der Waals surface area contributed by atoms with E-state index in [1.54, 1.807) is 0 Å². The van der Waals surface area contributed by atoms with E-state index in [1.807, 2.05) is 13.8 Å². The number of hydrogen-bond acceptors (Lipinski definition) is 3.